The Balaban J connectivity index is 0. The minimum atomic E-state index is -0.394. The molecule has 3 nitrogen and oxygen atoms in total. The van der Waals surface area contributed by atoms with Crippen LogP contribution in [-0.4, -0.2) is 29.9 Å². The lowest BCUT2D eigenvalue weighted by molar-refractivity contribution is -0.134. The van der Waals surface area contributed by atoms with Gasteiger partial charge in [-0.1, -0.05) is 34.1 Å². The number of nitrogens with two attached hydrogens (primary N) is 1. The third kappa shape index (κ3) is 5.71. The van der Waals surface area contributed by atoms with Crippen molar-refractivity contribution in [1.29, 1.82) is 0 Å². The van der Waals surface area contributed by atoms with Crippen LogP contribution in [-0.2, 0) is 4.79 Å². The summed E-state index contributed by atoms with van der Waals surface area (Å²) in [5.41, 5.74) is 5.80. The number of unbranched alkanes of at least 4 members (excludes halogenated alkanes) is 1. The topological polar surface area (TPSA) is 46.3 Å². The van der Waals surface area contributed by atoms with E-state index in [-0.39, 0.29) is 23.7 Å². The molecule has 2 N–H and O–H groups in total. The minimum Gasteiger partial charge on any atom is -0.342 e. The van der Waals surface area contributed by atoms with Crippen LogP contribution >= 0.6 is 12.4 Å². The van der Waals surface area contributed by atoms with Gasteiger partial charge in [0.2, 0.25) is 5.91 Å². The van der Waals surface area contributed by atoms with Crippen LogP contribution in [0.3, 0.4) is 0 Å². The van der Waals surface area contributed by atoms with Crippen molar-refractivity contribution in [3.05, 3.63) is 0 Å². The molecule has 98 valence electrons. The maximum atomic E-state index is 12.0. The Morgan fingerprint density at radius 3 is 2.12 bits per heavy atom. The molecule has 1 amide bonds. The molecule has 0 fully saturated rings. The van der Waals surface area contributed by atoms with Gasteiger partial charge in [0.25, 0.3) is 0 Å². The van der Waals surface area contributed by atoms with Gasteiger partial charge in [0.05, 0.1) is 6.04 Å². The molecular formula is C12H27ClN2O. The predicted molar refractivity (Wildman–Crippen MR) is 71.8 cm³/mol. The number of carbonyl (C=O) groups is 1. The van der Waals surface area contributed by atoms with Gasteiger partial charge in [-0.15, -0.1) is 12.4 Å². The summed E-state index contributed by atoms with van der Waals surface area (Å²) in [6.07, 6.45) is 2.16. The molecule has 0 aromatic heterocycles. The largest absolute Gasteiger partial charge is 0.342 e. The van der Waals surface area contributed by atoms with E-state index in [0.29, 0.717) is 0 Å². The first-order valence-corrected chi connectivity index (χ1v) is 5.89. The highest BCUT2D eigenvalue weighted by Crippen LogP contribution is 2.19. The summed E-state index contributed by atoms with van der Waals surface area (Å²) < 4.78 is 0. The van der Waals surface area contributed by atoms with Gasteiger partial charge in [0.1, 0.15) is 0 Å². The second kappa shape index (κ2) is 7.91. The smallest absolute Gasteiger partial charge is 0.240 e. The number of carbonyl (C=O) groups excluding carboxylic acids is 1. The number of hydrogen-bond donors (Lipinski definition) is 1. The van der Waals surface area contributed by atoms with Crippen molar-refractivity contribution in [2.24, 2.45) is 11.1 Å². The Bertz CT molecular complexity index is 202. The molecule has 0 saturated heterocycles. The Kier molecular flexibility index (Phi) is 8.94. The standard InChI is InChI=1S/C12H26N2O.ClH/c1-6-8-9-14(7-2)11(15)10(13)12(3,4)5;/h10H,6-9,13H2,1-5H3;1H/t10-;/m1./s1. The van der Waals surface area contributed by atoms with Crippen LogP contribution < -0.4 is 5.73 Å². The zero-order valence-corrected chi connectivity index (χ0v) is 12.1. The van der Waals surface area contributed by atoms with E-state index in [9.17, 15) is 4.79 Å². The highest BCUT2D eigenvalue weighted by Gasteiger charge is 2.30. The molecule has 16 heavy (non-hydrogen) atoms. The van der Waals surface area contributed by atoms with E-state index < -0.39 is 6.04 Å². The van der Waals surface area contributed by atoms with E-state index in [1.807, 2.05) is 32.6 Å². The van der Waals surface area contributed by atoms with Gasteiger partial charge >= 0.3 is 0 Å². The molecule has 0 aromatic rings. The van der Waals surface area contributed by atoms with Gasteiger partial charge in [-0.2, -0.15) is 0 Å². The van der Waals surface area contributed by atoms with Crippen LogP contribution in [0.2, 0.25) is 0 Å². The van der Waals surface area contributed by atoms with Crippen LogP contribution in [0.5, 0.6) is 0 Å². The Morgan fingerprint density at radius 2 is 1.81 bits per heavy atom. The van der Waals surface area contributed by atoms with Gasteiger partial charge in [-0.25, -0.2) is 0 Å². The molecule has 0 aliphatic carbocycles. The number of halogens is 1. The SMILES string of the molecule is CCCCN(CC)C(=O)[C@@H](N)C(C)(C)C.Cl. The summed E-state index contributed by atoms with van der Waals surface area (Å²) in [7, 11) is 0. The molecule has 0 spiro atoms. The van der Waals surface area contributed by atoms with E-state index in [1.165, 1.54) is 0 Å². The van der Waals surface area contributed by atoms with Gasteiger partial charge in [0.15, 0.2) is 0 Å². The Labute approximate surface area is 106 Å². The number of amides is 1. The van der Waals surface area contributed by atoms with Gasteiger partial charge in [0, 0.05) is 13.1 Å². The number of rotatable bonds is 5. The summed E-state index contributed by atoms with van der Waals surface area (Å²) in [5, 5.41) is 0. The molecule has 0 heterocycles. The van der Waals surface area contributed by atoms with E-state index in [2.05, 4.69) is 6.92 Å². The van der Waals surface area contributed by atoms with Gasteiger partial charge in [-0.05, 0) is 18.8 Å². The van der Waals surface area contributed by atoms with E-state index in [0.717, 1.165) is 25.9 Å². The lowest BCUT2D eigenvalue weighted by atomic mass is 9.86. The highest BCUT2D eigenvalue weighted by atomic mass is 35.5. The first kappa shape index (κ1) is 18.1. The second-order valence-electron chi connectivity index (χ2n) is 5.12. The van der Waals surface area contributed by atoms with E-state index in [4.69, 9.17) is 5.73 Å². The Hall–Kier alpha value is -0.280. The van der Waals surface area contributed by atoms with Crippen LogP contribution in [0.4, 0.5) is 0 Å². The molecular weight excluding hydrogens is 224 g/mol. The van der Waals surface area contributed by atoms with Crippen molar-refractivity contribution < 1.29 is 4.79 Å². The van der Waals surface area contributed by atoms with Crippen molar-refractivity contribution in [3.8, 4) is 0 Å². The Morgan fingerprint density at radius 1 is 1.31 bits per heavy atom. The summed E-state index contributed by atoms with van der Waals surface area (Å²) in [4.78, 5) is 13.9. The van der Waals surface area contributed by atoms with Crippen molar-refractivity contribution in [2.75, 3.05) is 13.1 Å². The first-order chi connectivity index (χ1) is 6.84. The van der Waals surface area contributed by atoms with Crippen LogP contribution in [0, 0.1) is 5.41 Å². The molecule has 0 saturated carbocycles. The fourth-order valence-electron chi connectivity index (χ4n) is 1.34. The lowest BCUT2D eigenvalue weighted by Gasteiger charge is -2.31. The fourth-order valence-corrected chi connectivity index (χ4v) is 1.34. The fraction of sp³-hybridized carbons (Fsp3) is 0.917. The molecule has 0 aliphatic heterocycles. The quantitative estimate of drug-likeness (QED) is 0.815. The molecule has 0 radical (unpaired) electrons. The summed E-state index contributed by atoms with van der Waals surface area (Å²) in [5.74, 6) is 0.0819. The lowest BCUT2D eigenvalue weighted by Crippen LogP contribution is -2.50. The average Bonchev–Trinajstić information content (AvgIpc) is 2.16. The maximum absolute atomic E-state index is 12.0. The molecule has 1 atom stereocenters. The molecule has 0 rings (SSSR count). The predicted octanol–water partition coefficient (Wildman–Crippen LogP) is 2.43. The number of nitrogens with zero attached hydrogens (tertiary/aromatic N) is 1. The summed E-state index contributed by atoms with van der Waals surface area (Å²) in [6.45, 7) is 11.7. The van der Waals surface area contributed by atoms with Crippen molar-refractivity contribution in [2.45, 2.75) is 53.5 Å². The summed E-state index contributed by atoms with van der Waals surface area (Å²) in [6, 6.07) is -0.394. The van der Waals surface area contributed by atoms with E-state index in [1.54, 1.807) is 0 Å². The minimum absolute atomic E-state index is 0. The second-order valence-corrected chi connectivity index (χ2v) is 5.12. The molecule has 0 bridgehead atoms. The van der Waals surface area contributed by atoms with Gasteiger partial charge < -0.3 is 10.6 Å². The third-order valence-electron chi connectivity index (χ3n) is 2.67. The normalized spacial score (nSPS) is 12.9. The van der Waals surface area contributed by atoms with Crippen molar-refractivity contribution >= 4 is 18.3 Å². The maximum Gasteiger partial charge on any atom is 0.240 e. The van der Waals surface area contributed by atoms with Gasteiger partial charge in [-0.3, -0.25) is 4.79 Å². The third-order valence-corrected chi connectivity index (χ3v) is 2.67. The van der Waals surface area contributed by atoms with Crippen LogP contribution in [0.1, 0.15) is 47.5 Å². The molecule has 0 aromatic carbocycles. The average molecular weight is 251 g/mol. The number of likely N-dealkylation sites (N-methyl/N-ethyl adjacent to an activating group) is 1. The van der Waals surface area contributed by atoms with E-state index >= 15 is 0 Å². The summed E-state index contributed by atoms with van der Waals surface area (Å²) >= 11 is 0. The zero-order chi connectivity index (χ0) is 12.1. The zero-order valence-electron chi connectivity index (χ0n) is 11.2. The van der Waals surface area contributed by atoms with Crippen LogP contribution in [0.15, 0.2) is 0 Å². The highest BCUT2D eigenvalue weighted by molar-refractivity contribution is 5.85. The monoisotopic (exact) mass is 250 g/mol. The number of hydrogen-bond acceptors (Lipinski definition) is 2. The first-order valence-electron chi connectivity index (χ1n) is 5.89. The molecule has 0 unspecified atom stereocenters. The van der Waals surface area contributed by atoms with Crippen molar-refractivity contribution in [1.82, 2.24) is 4.90 Å². The molecule has 0 aliphatic rings. The van der Waals surface area contributed by atoms with Crippen molar-refractivity contribution in [3.63, 3.8) is 0 Å². The molecule has 4 heteroatoms. The van der Waals surface area contributed by atoms with Crippen LogP contribution in [0.25, 0.3) is 0 Å².